The fourth-order valence-electron chi connectivity index (χ4n) is 2.05. The molecule has 2 rings (SSSR count). The molecule has 1 aliphatic rings. The number of aromatic nitrogens is 2. The largest absolute Gasteiger partial charge is 0.370 e. The predicted octanol–water partition coefficient (Wildman–Crippen LogP) is -0.0120. The molecule has 1 aromatic rings. The minimum absolute atomic E-state index is 0.134. The van der Waals surface area contributed by atoms with Gasteiger partial charge in [-0.05, 0) is 20.8 Å². The summed E-state index contributed by atoms with van der Waals surface area (Å²) in [5, 5.41) is 5.43. The van der Waals surface area contributed by atoms with E-state index >= 15 is 0 Å². The molecule has 2 amide bonds. The number of aryl methyl sites for hydroxylation is 1. The highest BCUT2D eigenvalue weighted by Crippen LogP contribution is 2.23. The van der Waals surface area contributed by atoms with Crippen LogP contribution in [0.15, 0.2) is 0 Å². The summed E-state index contributed by atoms with van der Waals surface area (Å²) in [4.78, 5) is 33.2. The first-order chi connectivity index (χ1) is 9.01. The van der Waals surface area contributed by atoms with Gasteiger partial charge in [-0.15, -0.1) is 0 Å². The summed E-state index contributed by atoms with van der Waals surface area (Å²) in [6, 6.07) is 0. The summed E-state index contributed by atoms with van der Waals surface area (Å²) in [6.07, 6.45) is 0. The maximum Gasteiger partial charge on any atom is 0.246 e. The third-order valence-electron chi connectivity index (χ3n) is 2.82. The van der Waals surface area contributed by atoms with E-state index in [1.54, 1.807) is 11.8 Å². The number of anilines is 2. The summed E-state index contributed by atoms with van der Waals surface area (Å²) in [7, 11) is 0. The van der Waals surface area contributed by atoms with Crippen molar-refractivity contribution in [3.8, 4) is 0 Å². The van der Waals surface area contributed by atoms with Crippen molar-refractivity contribution in [3.05, 3.63) is 11.4 Å². The van der Waals surface area contributed by atoms with Crippen LogP contribution in [0.5, 0.6) is 0 Å². The average Bonchev–Trinajstić information content (AvgIpc) is 2.32. The molecule has 1 fully saturated rings. The number of rotatable bonds is 3. The summed E-state index contributed by atoms with van der Waals surface area (Å²) >= 11 is 0. The lowest BCUT2D eigenvalue weighted by molar-refractivity contribution is -0.130. The molecule has 102 valence electrons. The highest BCUT2D eigenvalue weighted by molar-refractivity contribution is 6.02. The number of hydrogen-bond acceptors (Lipinski definition) is 6. The zero-order chi connectivity index (χ0) is 14.0. The zero-order valence-electron chi connectivity index (χ0n) is 11.3. The second-order valence-corrected chi connectivity index (χ2v) is 4.43. The number of imide groups is 1. The van der Waals surface area contributed by atoms with Gasteiger partial charge in [-0.1, -0.05) is 0 Å². The summed E-state index contributed by atoms with van der Waals surface area (Å²) in [5.41, 5.74) is 0.843. The van der Waals surface area contributed by atoms with Gasteiger partial charge in [0.2, 0.25) is 11.8 Å². The molecule has 0 aromatic carbocycles. The summed E-state index contributed by atoms with van der Waals surface area (Å²) in [5.74, 6) is 1.36. The minimum Gasteiger partial charge on any atom is -0.370 e. The van der Waals surface area contributed by atoms with Crippen LogP contribution in [-0.4, -0.2) is 41.4 Å². The third kappa shape index (κ3) is 2.81. The van der Waals surface area contributed by atoms with Crippen LogP contribution in [0, 0.1) is 13.8 Å². The number of hydrogen-bond donors (Lipinski definition) is 2. The Balaban J connectivity index is 2.38. The number of carbonyl (C=O) groups is 2. The quantitative estimate of drug-likeness (QED) is 0.746. The number of carbonyl (C=O) groups excluding carboxylic acids is 2. The molecule has 19 heavy (non-hydrogen) atoms. The van der Waals surface area contributed by atoms with E-state index in [0.29, 0.717) is 11.6 Å². The van der Waals surface area contributed by atoms with Gasteiger partial charge in [-0.3, -0.25) is 14.9 Å². The predicted molar refractivity (Wildman–Crippen MR) is 71.0 cm³/mol. The van der Waals surface area contributed by atoms with Gasteiger partial charge in [0.15, 0.2) is 0 Å². The molecule has 0 unspecified atom stereocenters. The van der Waals surface area contributed by atoms with Crippen molar-refractivity contribution in [2.75, 3.05) is 29.9 Å². The number of nitrogens with one attached hydrogen (secondary N) is 2. The van der Waals surface area contributed by atoms with E-state index in [0.717, 1.165) is 17.9 Å². The SMILES string of the molecule is CCNc1nc(C)nc(N2CC(=O)NC(=O)C2)c1C. The van der Waals surface area contributed by atoms with Crippen molar-refractivity contribution in [2.45, 2.75) is 20.8 Å². The Labute approximate surface area is 111 Å². The van der Waals surface area contributed by atoms with Crippen LogP contribution < -0.4 is 15.5 Å². The Morgan fingerprint density at radius 2 is 1.84 bits per heavy atom. The fourth-order valence-corrected chi connectivity index (χ4v) is 2.05. The molecule has 0 atom stereocenters. The molecule has 2 heterocycles. The van der Waals surface area contributed by atoms with Gasteiger partial charge >= 0.3 is 0 Å². The normalized spacial score (nSPS) is 15.4. The number of piperazine rings is 1. The van der Waals surface area contributed by atoms with Gasteiger partial charge in [-0.2, -0.15) is 0 Å². The van der Waals surface area contributed by atoms with Crippen LogP contribution >= 0.6 is 0 Å². The van der Waals surface area contributed by atoms with E-state index in [-0.39, 0.29) is 24.9 Å². The lowest BCUT2D eigenvalue weighted by Crippen LogP contribution is -2.52. The minimum atomic E-state index is -0.308. The van der Waals surface area contributed by atoms with Gasteiger partial charge in [0.05, 0.1) is 13.1 Å². The van der Waals surface area contributed by atoms with E-state index in [2.05, 4.69) is 20.6 Å². The molecule has 1 aliphatic heterocycles. The maximum absolute atomic E-state index is 11.4. The second kappa shape index (κ2) is 5.21. The number of nitrogens with zero attached hydrogens (tertiary/aromatic N) is 3. The molecule has 1 saturated heterocycles. The lowest BCUT2D eigenvalue weighted by Gasteiger charge is -2.28. The molecule has 0 spiro atoms. The molecular formula is C12H17N5O2. The van der Waals surface area contributed by atoms with Crippen LogP contribution in [0.25, 0.3) is 0 Å². The van der Waals surface area contributed by atoms with Gasteiger partial charge < -0.3 is 10.2 Å². The highest BCUT2D eigenvalue weighted by atomic mass is 16.2. The van der Waals surface area contributed by atoms with Gasteiger partial charge in [0, 0.05) is 12.1 Å². The lowest BCUT2D eigenvalue weighted by atomic mass is 10.2. The zero-order valence-corrected chi connectivity index (χ0v) is 11.3. The molecule has 7 heteroatoms. The Morgan fingerprint density at radius 3 is 2.42 bits per heavy atom. The van der Waals surface area contributed by atoms with E-state index in [4.69, 9.17) is 0 Å². The molecule has 2 N–H and O–H groups in total. The maximum atomic E-state index is 11.4. The van der Waals surface area contributed by atoms with Gasteiger partial charge in [0.1, 0.15) is 17.5 Å². The Morgan fingerprint density at radius 1 is 1.21 bits per heavy atom. The fraction of sp³-hybridized carbons (Fsp3) is 0.500. The van der Waals surface area contributed by atoms with Crippen LogP contribution in [0.1, 0.15) is 18.3 Å². The van der Waals surface area contributed by atoms with E-state index in [1.807, 2.05) is 13.8 Å². The van der Waals surface area contributed by atoms with Gasteiger partial charge in [-0.25, -0.2) is 9.97 Å². The molecular weight excluding hydrogens is 246 g/mol. The summed E-state index contributed by atoms with van der Waals surface area (Å²) in [6.45, 7) is 6.66. The van der Waals surface area contributed by atoms with E-state index < -0.39 is 0 Å². The molecule has 0 bridgehead atoms. The molecule has 7 nitrogen and oxygen atoms in total. The summed E-state index contributed by atoms with van der Waals surface area (Å²) < 4.78 is 0. The first kappa shape index (κ1) is 13.3. The standard InChI is InChI=1S/C12H17N5O2/c1-4-13-11-7(2)12(15-8(3)14-11)17-5-9(18)16-10(19)6-17/h4-6H2,1-3H3,(H,13,14,15)(H,16,18,19). The Hall–Kier alpha value is -2.18. The Kier molecular flexibility index (Phi) is 3.64. The Bertz CT molecular complexity index is 513. The second-order valence-electron chi connectivity index (χ2n) is 4.43. The molecule has 1 aromatic heterocycles. The van der Waals surface area contributed by atoms with Crippen molar-refractivity contribution < 1.29 is 9.59 Å². The smallest absolute Gasteiger partial charge is 0.246 e. The highest BCUT2D eigenvalue weighted by Gasteiger charge is 2.25. The van der Waals surface area contributed by atoms with Crippen molar-refractivity contribution in [1.82, 2.24) is 15.3 Å². The van der Waals surface area contributed by atoms with Gasteiger partial charge in [0.25, 0.3) is 0 Å². The van der Waals surface area contributed by atoms with Crippen LogP contribution in [0.3, 0.4) is 0 Å². The monoisotopic (exact) mass is 263 g/mol. The van der Waals surface area contributed by atoms with Crippen LogP contribution in [0.2, 0.25) is 0 Å². The first-order valence-electron chi connectivity index (χ1n) is 6.18. The average molecular weight is 263 g/mol. The first-order valence-corrected chi connectivity index (χ1v) is 6.18. The van der Waals surface area contributed by atoms with E-state index in [9.17, 15) is 9.59 Å². The van der Waals surface area contributed by atoms with Crippen LogP contribution in [-0.2, 0) is 9.59 Å². The number of amides is 2. The van der Waals surface area contributed by atoms with Crippen molar-refractivity contribution >= 4 is 23.5 Å². The molecule has 0 saturated carbocycles. The third-order valence-corrected chi connectivity index (χ3v) is 2.82. The van der Waals surface area contributed by atoms with Crippen molar-refractivity contribution in [3.63, 3.8) is 0 Å². The molecule has 0 aliphatic carbocycles. The van der Waals surface area contributed by atoms with Crippen molar-refractivity contribution in [1.29, 1.82) is 0 Å². The molecule has 0 radical (unpaired) electrons. The van der Waals surface area contributed by atoms with Crippen LogP contribution in [0.4, 0.5) is 11.6 Å². The van der Waals surface area contributed by atoms with Crippen molar-refractivity contribution in [2.24, 2.45) is 0 Å². The van der Waals surface area contributed by atoms with E-state index in [1.165, 1.54) is 0 Å². The topological polar surface area (TPSA) is 87.2 Å².